The van der Waals surface area contributed by atoms with Gasteiger partial charge in [-0.15, -0.1) is 0 Å². The minimum absolute atomic E-state index is 0.380. The summed E-state index contributed by atoms with van der Waals surface area (Å²) in [5.41, 5.74) is 0. The summed E-state index contributed by atoms with van der Waals surface area (Å²) in [7, 11) is 0. The lowest BCUT2D eigenvalue weighted by molar-refractivity contribution is 0.864. The van der Waals surface area contributed by atoms with Gasteiger partial charge in [-0.25, -0.2) is 0 Å². The van der Waals surface area contributed by atoms with E-state index in [1.54, 1.807) is 6.34 Å². The lowest BCUT2D eigenvalue weighted by Gasteiger charge is -1.88. The molecule has 2 nitrogen and oxygen atoms in total. The highest BCUT2D eigenvalue weighted by molar-refractivity contribution is 5.58. The third kappa shape index (κ3) is 0.506. The Morgan fingerprint density at radius 1 is 1.83 bits per heavy atom. The van der Waals surface area contributed by atoms with Crippen LogP contribution in [0.4, 0.5) is 0 Å². The second kappa shape index (κ2) is 1.29. The number of hydrogen-bond acceptors (Lipinski definition) is 2. The zero-order valence-electron chi connectivity index (χ0n) is 3.68. The van der Waals surface area contributed by atoms with Crippen LogP contribution in [-0.2, 0) is 0 Å². The van der Waals surface area contributed by atoms with Gasteiger partial charge in [0.1, 0.15) is 0 Å². The first kappa shape index (κ1) is 3.65. The molecular formula is C4H7N2. The van der Waals surface area contributed by atoms with Crippen LogP contribution in [0.3, 0.4) is 0 Å². The molecule has 0 bridgehead atoms. The maximum absolute atomic E-state index is 3.94. The Bertz CT molecular complexity index is 67.9. The van der Waals surface area contributed by atoms with Crippen molar-refractivity contribution in [1.82, 2.24) is 5.32 Å². The van der Waals surface area contributed by atoms with Crippen molar-refractivity contribution in [2.45, 2.75) is 13.0 Å². The van der Waals surface area contributed by atoms with Crippen molar-refractivity contribution < 1.29 is 0 Å². The summed E-state index contributed by atoms with van der Waals surface area (Å²) in [5, 5.41) is 2.86. The zero-order chi connectivity index (χ0) is 4.41. The van der Waals surface area contributed by atoms with E-state index in [4.69, 9.17) is 0 Å². The van der Waals surface area contributed by atoms with Crippen LogP contribution in [0.5, 0.6) is 0 Å². The molecule has 2 heteroatoms. The highest BCUT2D eigenvalue weighted by Gasteiger charge is 1.99. The van der Waals surface area contributed by atoms with Crippen LogP contribution in [0, 0.1) is 6.54 Å². The molecule has 0 aromatic carbocycles. The fraction of sp³-hybridized carbons (Fsp3) is 0.500. The number of nitrogens with zero attached hydrogens (tertiary/aromatic N) is 1. The van der Waals surface area contributed by atoms with Crippen molar-refractivity contribution in [3.05, 3.63) is 6.54 Å². The van der Waals surface area contributed by atoms with Gasteiger partial charge >= 0.3 is 0 Å². The predicted octanol–water partition coefficient (Wildman–Crippen LogP) is 0.168. The zero-order valence-corrected chi connectivity index (χ0v) is 3.68. The van der Waals surface area contributed by atoms with Gasteiger partial charge in [-0.1, -0.05) is 0 Å². The van der Waals surface area contributed by atoms with E-state index in [0.29, 0.717) is 6.04 Å². The molecule has 1 heterocycles. The Labute approximate surface area is 37.3 Å². The molecule has 1 unspecified atom stereocenters. The Morgan fingerprint density at radius 3 is 2.83 bits per heavy atom. The molecule has 0 saturated heterocycles. The largest absolute Gasteiger partial charge is 0.369 e. The highest BCUT2D eigenvalue weighted by Crippen LogP contribution is 1.93. The van der Waals surface area contributed by atoms with Crippen molar-refractivity contribution in [1.29, 1.82) is 0 Å². The average molecular weight is 83.1 g/mol. The fourth-order valence-electron chi connectivity index (χ4n) is 0.386. The number of nitrogens with one attached hydrogen (secondary N) is 1. The van der Waals surface area contributed by atoms with Crippen molar-refractivity contribution >= 4 is 6.34 Å². The molecule has 1 rings (SSSR count). The van der Waals surface area contributed by atoms with Gasteiger partial charge < -0.3 is 5.32 Å². The van der Waals surface area contributed by atoms with Gasteiger partial charge in [-0.3, -0.25) is 4.99 Å². The van der Waals surface area contributed by atoms with Gasteiger partial charge in [-0.05, 0) is 6.92 Å². The fourth-order valence-corrected chi connectivity index (χ4v) is 0.386. The molecule has 6 heavy (non-hydrogen) atoms. The van der Waals surface area contributed by atoms with Gasteiger partial charge in [0.15, 0.2) is 0 Å². The van der Waals surface area contributed by atoms with Gasteiger partial charge in [0.05, 0.1) is 18.9 Å². The molecule has 1 aliphatic rings. The van der Waals surface area contributed by atoms with Crippen LogP contribution in [0.1, 0.15) is 6.92 Å². The summed E-state index contributed by atoms with van der Waals surface area (Å²) in [6, 6.07) is 0.380. The minimum Gasteiger partial charge on any atom is -0.369 e. The summed E-state index contributed by atoms with van der Waals surface area (Å²) in [6.45, 7) is 3.95. The van der Waals surface area contributed by atoms with E-state index in [2.05, 4.69) is 10.3 Å². The minimum atomic E-state index is 0.380. The average Bonchev–Trinajstić information content (AvgIpc) is 1.86. The van der Waals surface area contributed by atoms with Crippen molar-refractivity contribution in [3.8, 4) is 0 Å². The normalized spacial score (nSPS) is 30.5. The third-order valence-electron chi connectivity index (χ3n) is 0.722. The van der Waals surface area contributed by atoms with E-state index in [-0.39, 0.29) is 0 Å². The van der Waals surface area contributed by atoms with Crippen molar-refractivity contribution in [3.63, 3.8) is 0 Å². The first-order chi connectivity index (χ1) is 2.89. The highest BCUT2D eigenvalue weighted by atomic mass is 15.0. The summed E-state index contributed by atoms with van der Waals surface area (Å²) in [6.07, 6.45) is 1.70. The molecular weight excluding hydrogens is 76.1 g/mol. The molecule has 1 radical (unpaired) electrons. The summed E-state index contributed by atoms with van der Waals surface area (Å²) >= 11 is 0. The quantitative estimate of drug-likeness (QED) is 0.443. The van der Waals surface area contributed by atoms with Crippen LogP contribution in [0.25, 0.3) is 0 Å². The first-order valence-corrected chi connectivity index (χ1v) is 2.00. The Morgan fingerprint density at radius 2 is 2.67 bits per heavy atom. The summed E-state index contributed by atoms with van der Waals surface area (Å²) in [5.74, 6) is 0. The lowest BCUT2D eigenvalue weighted by Crippen LogP contribution is -2.03. The Hall–Kier alpha value is -0.530. The molecule has 33 valence electrons. The van der Waals surface area contributed by atoms with Crippen molar-refractivity contribution in [2.24, 2.45) is 4.99 Å². The van der Waals surface area contributed by atoms with E-state index in [1.165, 1.54) is 0 Å². The van der Waals surface area contributed by atoms with E-state index in [9.17, 15) is 0 Å². The molecule has 0 aromatic heterocycles. The molecule has 0 aromatic rings. The molecule has 0 aliphatic carbocycles. The number of rotatable bonds is 0. The van der Waals surface area contributed by atoms with Crippen LogP contribution >= 0.6 is 0 Å². The maximum atomic E-state index is 3.94. The van der Waals surface area contributed by atoms with Crippen LogP contribution in [0.15, 0.2) is 4.99 Å². The standard InChI is InChI=1S/C4H7N2/c1-4-2-5-3-6-4/h2-4H,1H3,(H,5,6). The molecule has 0 fully saturated rings. The molecule has 0 saturated carbocycles. The molecule has 1 aliphatic heterocycles. The maximum Gasteiger partial charge on any atom is 0.0831 e. The van der Waals surface area contributed by atoms with E-state index in [0.717, 1.165) is 0 Å². The lowest BCUT2D eigenvalue weighted by atomic mass is 10.4. The second-order valence-corrected chi connectivity index (χ2v) is 1.35. The Balaban J connectivity index is 2.38. The molecule has 1 N–H and O–H groups in total. The third-order valence-corrected chi connectivity index (χ3v) is 0.722. The van der Waals surface area contributed by atoms with Gasteiger partial charge in [0, 0.05) is 0 Å². The molecule has 1 atom stereocenters. The van der Waals surface area contributed by atoms with E-state index >= 15 is 0 Å². The van der Waals surface area contributed by atoms with Crippen LogP contribution in [-0.4, -0.2) is 12.4 Å². The predicted molar refractivity (Wildman–Crippen MR) is 25.4 cm³/mol. The van der Waals surface area contributed by atoms with Gasteiger partial charge in [0.25, 0.3) is 0 Å². The first-order valence-electron chi connectivity index (χ1n) is 2.00. The number of aliphatic imine (C=N–C) groups is 1. The monoisotopic (exact) mass is 83.1 g/mol. The van der Waals surface area contributed by atoms with Crippen LogP contribution in [0.2, 0.25) is 0 Å². The Kier molecular flexibility index (Phi) is 0.783. The molecule has 0 spiro atoms. The van der Waals surface area contributed by atoms with Gasteiger partial charge in [-0.2, -0.15) is 0 Å². The summed E-state index contributed by atoms with van der Waals surface area (Å²) in [4.78, 5) is 3.94. The second-order valence-electron chi connectivity index (χ2n) is 1.35. The molecule has 0 amide bonds. The SMILES string of the molecule is CC1[CH]NC=N1. The van der Waals surface area contributed by atoms with E-state index < -0.39 is 0 Å². The summed E-state index contributed by atoms with van der Waals surface area (Å²) < 4.78 is 0. The smallest absolute Gasteiger partial charge is 0.0831 e. The number of hydrogen-bond donors (Lipinski definition) is 1. The van der Waals surface area contributed by atoms with E-state index in [1.807, 2.05) is 13.5 Å². The topological polar surface area (TPSA) is 24.4 Å². The van der Waals surface area contributed by atoms with Gasteiger partial charge in [0.2, 0.25) is 0 Å². The van der Waals surface area contributed by atoms with Crippen molar-refractivity contribution in [2.75, 3.05) is 0 Å². The van der Waals surface area contributed by atoms with Crippen LogP contribution < -0.4 is 5.32 Å².